The molecule has 0 aliphatic carbocycles. The van der Waals surface area contributed by atoms with Crippen molar-refractivity contribution in [2.75, 3.05) is 21.3 Å². The first-order chi connectivity index (χ1) is 16.5. The van der Waals surface area contributed by atoms with E-state index in [9.17, 15) is 9.59 Å². The van der Waals surface area contributed by atoms with Gasteiger partial charge in [0.15, 0.2) is 5.76 Å². The maximum Gasteiger partial charge on any atom is 0.347 e. The summed E-state index contributed by atoms with van der Waals surface area (Å²) in [6.45, 7) is 0. The van der Waals surface area contributed by atoms with E-state index in [1.807, 2.05) is 12.1 Å². The summed E-state index contributed by atoms with van der Waals surface area (Å²) in [6, 6.07) is 18.9. The van der Waals surface area contributed by atoms with Crippen molar-refractivity contribution in [2.45, 2.75) is 0 Å². The molecular formula is C27H20O7. The van der Waals surface area contributed by atoms with Crippen LogP contribution in [0.3, 0.4) is 0 Å². The molecule has 0 amide bonds. The lowest BCUT2D eigenvalue weighted by molar-refractivity contribution is 0.396. The SMILES string of the molecule is COc1ccc(-c2c(-c3cc4ccccc4oc3=O)oc3cc(OC)cc(OC)c3c2=O)cc1. The number of hydrogen-bond acceptors (Lipinski definition) is 7. The van der Waals surface area contributed by atoms with Crippen LogP contribution < -0.4 is 25.3 Å². The molecule has 0 atom stereocenters. The molecule has 0 fully saturated rings. The predicted molar refractivity (Wildman–Crippen MR) is 129 cm³/mol. The third-order valence-corrected chi connectivity index (χ3v) is 5.65. The van der Waals surface area contributed by atoms with Gasteiger partial charge < -0.3 is 23.0 Å². The lowest BCUT2D eigenvalue weighted by Gasteiger charge is -2.13. The highest BCUT2D eigenvalue weighted by Crippen LogP contribution is 2.37. The van der Waals surface area contributed by atoms with E-state index in [0.29, 0.717) is 33.8 Å². The summed E-state index contributed by atoms with van der Waals surface area (Å²) in [5, 5.41) is 0.937. The lowest BCUT2D eigenvalue weighted by atomic mass is 9.98. The molecule has 0 aliphatic heterocycles. The quantitative estimate of drug-likeness (QED) is 0.333. The third kappa shape index (κ3) is 3.47. The Hall–Kier alpha value is -4.52. The molecular weight excluding hydrogens is 436 g/mol. The summed E-state index contributed by atoms with van der Waals surface area (Å²) in [4.78, 5) is 26.9. The van der Waals surface area contributed by atoms with E-state index >= 15 is 0 Å². The number of rotatable bonds is 5. The Morgan fingerprint density at radius 3 is 2.15 bits per heavy atom. The van der Waals surface area contributed by atoms with E-state index in [1.54, 1.807) is 61.7 Å². The van der Waals surface area contributed by atoms with E-state index in [1.165, 1.54) is 14.2 Å². The average Bonchev–Trinajstić information content (AvgIpc) is 2.87. The Bertz CT molecular complexity index is 1640. The summed E-state index contributed by atoms with van der Waals surface area (Å²) < 4.78 is 27.8. The molecule has 0 aliphatic rings. The lowest BCUT2D eigenvalue weighted by Crippen LogP contribution is -2.12. The van der Waals surface area contributed by atoms with Crippen molar-refractivity contribution in [2.24, 2.45) is 0 Å². The highest BCUT2D eigenvalue weighted by Gasteiger charge is 2.24. The maximum atomic E-state index is 13.9. The summed E-state index contributed by atoms with van der Waals surface area (Å²) >= 11 is 0. The Morgan fingerprint density at radius 2 is 1.44 bits per heavy atom. The Morgan fingerprint density at radius 1 is 0.706 bits per heavy atom. The minimum Gasteiger partial charge on any atom is -0.497 e. The van der Waals surface area contributed by atoms with Gasteiger partial charge in [-0.05, 0) is 29.8 Å². The average molecular weight is 456 g/mol. The van der Waals surface area contributed by atoms with Crippen LogP contribution in [0.1, 0.15) is 0 Å². The van der Waals surface area contributed by atoms with Crippen LogP contribution in [-0.4, -0.2) is 21.3 Å². The molecule has 0 radical (unpaired) electrons. The van der Waals surface area contributed by atoms with Crippen molar-refractivity contribution >= 4 is 21.9 Å². The maximum absolute atomic E-state index is 13.9. The van der Waals surface area contributed by atoms with Crippen molar-refractivity contribution < 1.29 is 23.0 Å². The van der Waals surface area contributed by atoms with Crippen LogP contribution in [0.5, 0.6) is 17.2 Å². The molecule has 0 N–H and O–H groups in total. The van der Waals surface area contributed by atoms with Crippen LogP contribution in [0.25, 0.3) is 44.4 Å². The number of hydrogen-bond donors (Lipinski definition) is 0. The molecule has 2 heterocycles. The topological polar surface area (TPSA) is 88.1 Å². The second kappa shape index (κ2) is 8.44. The van der Waals surface area contributed by atoms with Crippen molar-refractivity contribution in [3.63, 3.8) is 0 Å². The predicted octanol–water partition coefficient (Wildman–Crippen LogP) is 5.26. The highest BCUT2D eigenvalue weighted by molar-refractivity contribution is 5.94. The van der Waals surface area contributed by atoms with Crippen LogP contribution in [-0.2, 0) is 0 Å². The second-order valence-electron chi connectivity index (χ2n) is 7.55. The zero-order valence-electron chi connectivity index (χ0n) is 18.7. The number of para-hydroxylation sites is 1. The number of ether oxygens (including phenoxy) is 3. The van der Waals surface area contributed by atoms with Crippen molar-refractivity contribution in [3.8, 4) is 39.7 Å². The molecule has 3 aromatic carbocycles. The first-order valence-electron chi connectivity index (χ1n) is 10.4. The minimum absolute atomic E-state index is 0.0949. The molecule has 0 unspecified atom stereocenters. The number of benzene rings is 3. The van der Waals surface area contributed by atoms with Crippen molar-refractivity contribution in [1.82, 2.24) is 0 Å². The second-order valence-corrected chi connectivity index (χ2v) is 7.55. The van der Waals surface area contributed by atoms with Gasteiger partial charge >= 0.3 is 5.63 Å². The standard InChI is InChI=1S/C27H20O7/c1-30-17-10-8-15(9-11-17)23-25(28)24-21(32-3)13-18(31-2)14-22(24)33-26(23)19-12-16-6-4-5-7-20(16)34-27(19)29/h4-14H,1-3H3. The van der Waals surface area contributed by atoms with E-state index in [0.717, 1.165) is 0 Å². The molecule has 2 aromatic heterocycles. The first kappa shape index (κ1) is 21.3. The normalized spacial score (nSPS) is 11.0. The molecule has 5 rings (SSSR count). The zero-order chi connectivity index (χ0) is 23.8. The molecule has 7 heteroatoms. The molecule has 5 aromatic rings. The molecule has 34 heavy (non-hydrogen) atoms. The van der Waals surface area contributed by atoms with Crippen molar-refractivity contribution in [1.29, 1.82) is 0 Å². The monoisotopic (exact) mass is 456 g/mol. The molecule has 7 nitrogen and oxygen atoms in total. The van der Waals surface area contributed by atoms with Gasteiger partial charge in [-0.3, -0.25) is 4.79 Å². The number of methoxy groups -OCH3 is 3. The number of fused-ring (bicyclic) bond motifs is 2. The van der Waals surface area contributed by atoms with Crippen LogP contribution >= 0.6 is 0 Å². The third-order valence-electron chi connectivity index (χ3n) is 5.65. The summed E-state index contributed by atoms with van der Waals surface area (Å²) in [6.07, 6.45) is 0. The fourth-order valence-corrected chi connectivity index (χ4v) is 3.97. The molecule has 0 saturated heterocycles. The van der Waals surface area contributed by atoms with Gasteiger partial charge in [0.1, 0.15) is 39.4 Å². The fourth-order valence-electron chi connectivity index (χ4n) is 3.97. The van der Waals surface area contributed by atoms with Gasteiger partial charge in [-0.2, -0.15) is 0 Å². The van der Waals surface area contributed by atoms with Crippen LogP contribution in [0.4, 0.5) is 0 Å². The van der Waals surface area contributed by atoms with E-state index < -0.39 is 5.63 Å². The first-order valence-corrected chi connectivity index (χ1v) is 10.4. The summed E-state index contributed by atoms with van der Waals surface area (Å²) in [5.74, 6) is 1.47. The Kier molecular flexibility index (Phi) is 5.30. The van der Waals surface area contributed by atoms with Gasteiger partial charge in [-0.1, -0.05) is 30.3 Å². The highest BCUT2D eigenvalue weighted by atomic mass is 16.5. The minimum atomic E-state index is -0.620. The van der Waals surface area contributed by atoms with Crippen molar-refractivity contribution in [3.05, 3.63) is 87.4 Å². The van der Waals surface area contributed by atoms with Crippen LogP contribution in [0, 0.1) is 0 Å². The summed E-state index contributed by atoms with van der Waals surface area (Å²) in [5.41, 5.74) is 0.581. The van der Waals surface area contributed by atoms with E-state index in [4.69, 9.17) is 23.0 Å². The van der Waals surface area contributed by atoms with Crippen LogP contribution in [0.15, 0.2) is 85.2 Å². The van der Waals surface area contributed by atoms with E-state index in [-0.39, 0.29) is 33.3 Å². The van der Waals surface area contributed by atoms with Gasteiger partial charge in [-0.25, -0.2) is 4.79 Å². The largest absolute Gasteiger partial charge is 0.497 e. The van der Waals surface area contributed by atoms with Gasteiger partial charge in [-0.15, -0.1) is 0 Å². The Balaban J connectivity index is 1.92. The Labute approximate surface area is 193 Å². The summed E-state index contributed by atoms with van der Waals surface area (Å²) in [7, 11) is 4.53. The van der Waals surface area contributed by atoms with Gasteiger partial charge in [0.2, 0.25) is 5.43 Å². The van der Waals surface area contributed by atoms with Gasteiger partial charge in [0.05, 0.1) is 26.9 Å². The van der Waals surface area contributed by atoms with E-state index in [2.05, 4.69) is 0 Å². The molecule has 0 saturated carbocycles. The smallest absolute Gasteiger partial charge is 0.347 e. The van der Waals surface area contributed by atoms with Gasteiger partial charge in [0, 0.05) is 17.5 Å². The zero-order valence-corrected chi connectivity index (χ0v) is 18.7. The molecule has 0 spiro atoms. The molecule has 0 bridgehead atoms. The molecule has 170 valence electrons. The van der Waals surface area contributed by atoms with Crippen LogP contribution in [0.2, 0.25) is 0 Å². The van der Waals surface area contributed by atoms with Gasteiger partial charge in [0.25, 0.3) is 0 Å². The fraction of sp³-hybridized carbons (Fsp3) is 0.111.